The molecule has 4 amide bonds. The van der Waals surface area contributed by atoms with Crippen molar-refractivity contribution in [2.45, 2.75) is 50.7 Å². The van der Waals surface area contributed by atoms with Crippen LogP contribution < -0.4 is 21.3 Å². The molecule has 14 heteroatoms. The lowest BCUT2D eigenvalue weighted by Crippen LogP contribution is -2.58. The zero-order valence-corrected chi connectivity index (χ0v) is 25.3. The summed E-state index contributed by atoms with van der Waals surface area (Å²) in [6.07, 6.45) is 1.25. The molecule has 0 unspecified atom stereocenters. The number of rotatable bonds is 15. The number of fused-ring (bicyclic) bond motifs is 1. The van der Waals surface area contributed by atoms with Crippen molar-refractivity contribution < 1.29 is 34.2 Å². The minimum Gasteiger partial charge on any atom is -0.480 e. The number of carbonyl (C=O) groups is 5. The molecule has 0 saturated heterocycles. The Hall–Kier alpha value is -4.56. The number of carboxylic acids is 1. The molecule has 0 aliphatic heterocycles. The van der Waals surface area contributed by atoms with Crippen molar-refractivity contribution in [3.8, 4) is 0 Å². The van der Waals surface area contributed by atoms with E-state index in [0.717, 1.165) is 5.56 Å². The standard InChI is InChI=1S/C30H36N6O7S/c1-17(2)25(30(42)43)36-29(41)24(16-44-15-19-9-5-4-6-10-19)35-26(38)18(3)32-28(40)23(14-37)34-27(39)22-13-31-20-11-7-8-12-21(20)33-22/h4-13,17-18,23-25,37H,14-16H2,1-3H3,(H,32,40)(H,34,39)(H,35,38)(H,36,41)(H,42,43)/t18-,23-,24-,25-/m0/s1. The topological polar surface area (TPSA) is 200 Å². The Balaban J connectivity index is 1.63. The average molecular weight is 625 g/mol. The maximum atomic E-state index is 13.1. The summed E-state index contributed by atoms with van der Waals surface area (Å²) in [6, 6.07) is 11.5. The number of aliphatic hydroxyl groups excluding tert-OH is 1. The first-order valence-corrected chi connectivity index (χ1v) is 15.0. The second-order valence-electron chi connectivity index (χ2n) is 10.3. The van der Waals surface area contributed by atoms with Crippen molar-refractivity contribution in [2.24, 2.45) is 5.92 Å². The molecule has 13 nitrogen and oxygen atoms in total. The molecule has 3 aromatic rings. The van der Waals surface area contributed by atoms with Gasteiger partial charge in [0.25, 0.3) is 5.91 Å². The van der Waals surface area contributed by atoms with Gasteiger partial charge in [-0.05, 0) is 30.5 Å². The van der Waals surface area contributed by atoms with E-state index in [0.29, 0.717) is 16.8 Å². The van der Waals surface area contributed by atoms with Gasteiger partial charge in [0.2, 0.25) is 17.7 Å². The van der Waals surface area contributed by atoms with Crippen LogP contribution in [-0.2, 0) is 24.9 Å². The molecule has 2 aromatic carbocycles. The summed E-state index contributed by atoms with van der Waals surface area (Å²) in [4.78, 5) is 71.8. The zero-order valence-electron chi connectivity index (χ0n) is 24.5. The quantitative estimate of drug-likeness (QED) is 0.141. The number of benzene rings is 2. The number of nitrogens with one attached hydrogen (secondary N) is 4. The monoisotopic (exact) mass is 624 g/mol. The Kier molecular flexibility index (Phi) is 12.6. The van der Waals surface area contributed by atoms with Crippen LogP contribution in [0.25, 0.3) is 11.0 Å². The summed E-state index contributed by atoms with van der Waals surface area (Å²) in [7, 11) is 0. The fourth-order valence-electron chi connectivity index (χ4n) is 3.99. The van der Waals surface area contributed by atoms with E-state index in [-0.39, 0.29) is 11.4 Å². The molecular weight excluding hydrogens is 588 g/mol. The smallest absolute Gasteiger partial charge is 0.326 e. The molecule has 0 saturated carbocycles. The van der Waals surface area contributed by atoms with Crippen molar-refractivity contribution in [1.82, 2.24) is 31.2 Å². The van der Waals surface area contributed by atoms with Gasteiger partial charge in [-0.15, -0.1) is 0 Å². The number of aliphatic hydroxyl groups is 1. The second kappa shape index (κ2) is 16.3. The molecular formula is C30H36N6O7S. The Morgan fingerprint density at radius 1 is 0.795 bits per heavy atom. The summed E-state index contributed by atoms with van der Waals surface area (Å²) in [5, 5.41) is 29.2. The number of aromatic nitrogens is 2. The first-order valence-electron chi connectivity index (χ1n) is 13.9. The van der Waals surface area contributed by atoms with E-state index < -0.39 is 66.3 Å². The first kappa shape index (κ1) is 33.9. The average Bonchev–Trinajstić information content (AvgIpc) is 3.01. The van der Waals surface area contributed by atoms with E-state index in [9.17, 15) is 34.2 Å². The highest BCUT2D eigenvalue weighted by Crippen LogP contribution is 2.14. The fraction of sp³-hybridized carbons (Fsp3) is 0.367. The number of carboxylic acid groups (broad SMARTS) is 1. The van der Waals surface area contributed by atoms with Crippen LogP contribution in [0.15, 0.2) is 60.8 Å². The Labute approximate surface area is 258 Å². The van der Waals surface area contributed by atoms with E-state index in [1.54, 1.807) is 38.1 Å². The molecule has 44 heavy (non-hydrogen) atoms. The number of hydrogen-bond donors (Lipinski definition) is 6. The summed E-state index contributed by atoms with van der Waals surface area (Å²) in [5.41, 5.74) is 1.98. The van der Waals surface area contributed by atoms with Crippen LogP contribution in [0.4, 0.5) is 0 Å². The number of hydrogen-bond acceptors (Lipinski definition) is 9. The van der Waals surface area contributed by atoms with Crippen LogP contribution >= 0.6 is 11.8 Å². The molecule has 0 aliphatic carbocycles. The predicted octanol–water partition coefficient (Wildman–Crippen LogP) is 0.869. The number of amides is 4. The van der Waals surface area contributed by atoms with Crippen LogP contribution in [0.5, 0.6) is 0 Å². The Bertz CT molecular complexity index is 1470. The van der Waals surface area contributed by atoms with Gasteiger partial charge in [0, 0.05) is 11.5 Å². The normalized spacial score (nSPS) is 13.8. The molecule has 234 valence electrons. The highest BCUT2D eigenvalue weighted by molar-refractivity contribution is 7.98. The number of aliphatic carboxylic acids is 1. The lowest BCUT2D eigenvalue weighted by atomic mass is 10.0. The zero-order chi connectivity index (χ0) is 32.2. The summed E-state index contributed by atoms with van der Waals surface area (Å²) >= 11 is 1.37. The second-order valence-corrected chi connectivity index (χ2v) is 11.3. The van der Waals surface area contributed by atoms with E-state index in [1.807, 2.05) is 30.3 Å². The molecule has 3 rings (SSSR count). The highest BCUT2D eigenvalue weighted by Gasteiger charge is 2.31. The number of carbonyl (C=O) groups excluding carboxylic acids is 4. The van der Waals surface area contributed by atoms with E-state index >= 15 is 0 Å². The molecule has 0 bridgehead atoms. The predicted molar refractivity (Wildman–Crippen MR) is 164 cm³/mol. The van der Waals surface area contributed by atoms with Crippen molar-refractivity contribution in [1.29, 1.82) is 0 Å². The van der Waals surface area contributed by atoms with Gasteiger partial charge in [0.15, 0.2) is 0 Å². The minimum absolute atomic E-state index is 0.0661. The number of para-hydroxylation sites is 2. The number of nitrogens with zero attached hydrogens (tertiary/aromatic N) is 2. The molecule has 6 N–H and O–H groups in total. The summed E-state index contributed by atoms with van der Waals surface area (Å²) in [6.45, 7) is 3.91. The summed E-state index contributed by atoms with van der Waals surface area (Å²) in [5.74, 6) is -3.95. The molecule has 1 heterocycles. The molecule has 0 aliphatic rings. The van der Waals surface area contributed by atoms with Crippen LogP contribution in [0.3, 0.4) is 0 Å². The first-order chi connectivity index (χ1) is 21.0. The van der Waals surface area contributed by atoms with Gasteiger partial charge >= 0.3 is 5.97 Å². The largest absolute Gasteiger partial charge is 0.480 e. The van der Waals surface area contributed by atoms with Gasteiger partial charge in [-0.1, -0.05) is 56.3 Å². The Morgan fingerprint density at radius 3 is 2.07 bits per heavy atom. The van der Waals surface area contributed by atoms with E-state index in [1.165, 1.54) is 24.9 Å². The minimum atomic E-state index is -1.41. The van der Waals surface area contributed by atoms with Crippen LogP contribution in [0.1, 0.15) is 36.8 Å². The van der Waals surface area contributed by atoms with Crippen LogP contribution in [0.2, 0.25) is 0 Å². The van der Waals surface area contributed by atoms with E-state index in [4.69, 9.17) is 0 Å². The molecule has 1 aromatic heterocycles. The van der Waals surface area contributed by atoms with Gasteiger partial charge in [0.1, 0.15) is 29.9 Å². The van der Waals surface area contributed by atoms with Crippen LogP contribution in [-0.4, -0.2) is 86.3 Å². The lowest BCUT2D eigenvalue weighted by Gasteiger charge is -2.25. The maximum absolute atomic E-state index is 13.1. The third-order valence-electron chi connectivity index (χ3n) is 6.50. The highest BCUT2D eigenvalue weighted by atomic mass is 32.2. The maximum Gasteiger partial charge on any atom is 0.326 e. The van der Waals surface area contributed by atoms with Crippen molar-refractivity contribution >= 4 is 52.4 Å². The fourth-order valence-corrected chi connectivity index (χ4v) is 5.00. The van der Waals surface area contributed by atoms with Gasteiger partial charge in [-0.3, -0.25) is 24.2 Å². The third kappa shape index (κ3) is 9.74. The number of thioether (sulfide) groups is 1. The van der Waals surface area contributed by atoms with Gasteiger partial charge in [0.05, 0.1) is 23.8 Å². The van der Waals surface area contributed by atoms with Crippen LogP contribution in [0, 0.1) is 5.92 Å². The van der Waals surface area contributed by atoms with E-state index in [2.05, 4.69) is 31.2 Å². The van der Waals surface area contributed by atoms with Gasteiger partial charge in [-0.2, -0.15) is 11.8 Å². The molecule has 4 atom stereocenters. The molecule has 0 spiro atoms. The summed E-state index contributed by atoms with van der Waals surface area (Å²) < 4.78 is 0. The third-order valence-corrected chi connectivity index (χ3v) is 7.60. The van der Waals surface area contributed by atoms with Gasteiger partial charge < -0.3 is 31.5 Å². The van der Waals surface area contributed by atoms with Crippen molar-refractivity contribution in [3.63, 3.8) is 0 Å². The Morgan fingerprint density at radius 2 is 1.43 bits per heavy atom. The lowest BCUT2D eigenvalue weighted by molar-refractivity contribution is -0.143. The van der Waals surface area contributed by atoms with Crippen molar-refractivity contribution in [2.75, 3.05) is 12.4 Å². The van der Waals surface area contributed by atoms with Gasteiger partial charge in [-0.25, -0.2) is 9.78 Å². The van der Waals surface area contributed by atoms with Crippen molar-refractivity contribution in [3.05, 3.63) is 72.1 Å². The SMILES string of the molecule is CC(C)[C@H](NC(=O)[C@H](CSCc1ccccc1)NC(=O)[C@H](C)NC(=O)[C@H](CO)NC(=O)c1cnc2ccccc2n1)C(=O)O. The molecule has 0 radical (unpaired) electrons. The molecule has 0 fully saturated rings.